The van der Waals surface area contributed by atoms with Crippen LogP contribution < -0.4 is 4.18 Å². The third-order valence-electron chi connectivity index (χ3n) is 2.26. The molecular weight excluding hydrogens is 212 g/mol. The Morgan fingerprint density at radius 2 is 1.80 bits per heavy atom. The molecule has 2 rings (SSSR count). The Kier molecular flexibility index (Phi) is 2.70. The summed E-state index contributed by atoms with van der Waals surface area (Å²) in [6.45, 7) is 1.97. The molecule has 1 atom stereocenters. The summed E-state index contributed by atoms with van der Waals surface area (Å²) in [6, 6.07) is 11.0. The van der Waals surface area contributed by atoms with Crippen molar-refractivity contribution in [1.29, 1.82) is 0 Å². The molecule has 3 nitrogen and oxygen atoms in total. The lowest BCUT2D eigenvalue weighted by molar-refractivity contribution is 0.442. The van der Waals surface area contributed by atoms with Crippen LogP contribution >= 0.6 is 0 Å². The molecule has 0 bridgehead atoms. The Bertz CT molecular complexity index is 522. The minimum atomic E-state index is -2.53. The highest BCUT2D eigenvalue weighted by Crippen LogP contribution is 2.27. The standard InChI is InChI=1S/C11H10O3S/c1-8-4-2-6-10-9(8)5-3-7-11(10)14-15(12)13/h2-7H,1H3,(H,12,13)/p-1. The van der Waals surface area contributed by atoms with E-state index in [-0.39, 0.29) is 0 Å². The molecule has 78 valence electrons. The largest absolute Gasteiger partial charge is 0.740 e. The van der Waals surface area contributed by atoms with Gasteiger partial charge in [0, 0.05) is 5.39 Å². The zero-order valence-corrected chi connectivity index (χ0v) is 8.91. The molecule has 0 fully saturated rings. The summed E-state index contributed by atoms with van der Waals surface area (Å²) in [5.74, 6) is 0.365. The summed E-state index contributed by atoms with van der Waals surface area (Å²) in [7, 11) is 0. The Morgan fingerprint density at radius 3 is 2.53 bits per heavy atom. The van der Waals surface area contributed by atoms with Crippen molar-refractivity contribution in [1.82, 2.24) is 0 Å². The van der Waals surface area contributed by atoms with Crippen LogP contribution in [0.2, 0.25) is 0 Å². The van der Waals surface area contributed by atoms with E-state index < -0.39 is 11.4 Å². The van der Waals surface area contributed by atoms with Crippen LogP contribution in [0.15, 0.2) is 36.4 Å². The molecule has 0 heterocycles. The number of aryl methyl sites for hydroxylation is 1. The molecule has 2 aromatic rings. The van der Waals surface area contributed by atoms with Crippen LogP contribution in [-0.4, -0.2) is 8.76 Å². The summed E-state index contributed by atoms with van der Waals surface area (Å²) in [5.41, 5.74) is 1.09. The van der Waals surface area contributed by atoms with Gasteiger partial charge in [0.1, 0.15) is 17.1 Å². The van der Waals surface area contributed by atoms with Crippen molar-refractivity contribution in [2.75, 3.05) is 0 Å². The minimum absolute atomic E-state index is 0.365. The first-order valence-electron chi connectivity index (χ1n) is 4.44. The van der Waals surface area contributed by atoms with Crippen LogP contribution in [0.3, 0.4) is 0 Å². The van der Waals surface area contributed by atoms with Gasteiger partial charge in [-0.05, 0) is 23.9 Å². The van der Waals surface area contributed by atoms with Crippen molar-refractivity contribution in [3.8, 4) is 5.75 Å². The maximum Gasteiger partial charge on any atom is 0.147 e. The lowest BCUT2D eigenvalue weighted by Crippen LogP contribution is -1.98. The van der Waals surface area contributed by atoms with Crippen LogP contribution in [0.25, 0.3) is 10.8 Å². The van der Waals surface area contributed by atoms with Gasteiger partial charge in [0.15, 0.2) is 0 Å². The molecule has 0 amide bonds. The van der Waals surface area contributed by atoms with Gasteiger partial charge in [-0.2, -0.15) is 0 Å². The average molecular weight is 221 g/mol. The monoisotopic (exact) mass is 221 g/mol. The molecule has 0 aliphatic heterocycles. The van der Waals surface area contributed by atoms with E-state index in [0.29, 0.717) is 5.75 Å². The van der Waals surface area contributed by atoms with Gasteiger partial charge in [0.2, 0.25) is 0 Å². The highest BCUT2D eigenvalue weighted by atomic mass is 32.2. The van der Waals surface area contributed by atoms with Gasteiger partial charge < -0.3 is 8.74 Å². The van der Waals surface area contributed by atoms with Gasteiger partial charge in [-0.3, -0.25) is 0 Å². The SMILES string of the molecule is Cc1cccc2c(OS(=O)[O-])cccc12. The van der Waals surface area contributed by atoms with E-state index in [1.807, 2.05) is 31.2 Å². The second-order valence-electron chi connectivity index (χ2n) is 3.21. The van der Waals surface area contributed by atoms with Gasteiger partial charge in [-0.15, -0.1) is 0 Å². The van der Waals surface area contributed by atoms with E-state index in [1.165, 1.54) is 0 Å². The molecule has 0 aliphatic carbocycles. The Morgan fingerprint density at radius 1 is 1.13 bits per heavy atom. The van der Waals surface area contributed by atoms with Gasteiger partial charge >= 0.3 is 0 Å². The van der Waals surface area contributed by atoms with Gasteiger partial charge in [-0.1, -0.05) is 30.3 Å². The van der Waals surface area contributed by atoms with E-state index in [4.69, 9.17) is 4.18 Å². The van der Waals surface area contributed by atoms with Crippen LogP contribution in [0, 0.1) is 6.92 Å². The van der Waals surface area contributed by atoms with Gasteiger partial charge in [-0.25, -0.2) is 4.21 Å². The quantitative estimate of drug-likeness (QED) is 0.731. The Balaban J connectivity index is 2.65. The molecule has 1 unspecified atom stereocenters. The predicted octanol–water partition coefficient (Wildman–Crippen LogP) is 2.32. The average Bonchev–Trinajstić information content (AvgIpc) is 2.19. The maximum atomic E-state index is 10.5. The lowest BCUT2D eigenvalue weighted by atomic mass is 10.1. The van der Waals surface area contributed by atoms with E-state index in [9.17, 15) is 8.76 Å². The fraction of sp³-hybridized carbons (Fsp3) is 0.0909. The van der Waals surface area contributed by atoms with Crippen molar-refractivity contribution in [3.05, 3.63) is 42.0 Å². The second-order valence-corrected chi connectivity index (χ2v) is 3.79. The number of hydrogen-bond acceptors (Lipinski definition) is 3. The molecule has 0 aromatic heterocycles. The minimum Gasteiger partial charge on any atom is -0.740 e. The summed E-state index contributed by atoms with van der Waals surface area (Å²) < 4.78 is 25.6. The van der Waals surface area contributed by atoms with Crippen LogP contribution in [0.4, 0.5) is 0 Å². The molecule has 4 heteroatoms. The summed E-state index contributed by atoms with van der Waals surface area (Å²) in [4.78, 5) is 0. The molecule has 0 N–H and O–H groups in total. The zero-order valence-electron chi connectivity index (χ0n) is 8.10. The highest BCUT2D eigenvalue weighted by Gasteiger charge is 2.03. The van der Waals surface area contributed by atoms with E-state index in [2.05, 4.69) is 0 Å². The highest BCUT2D eigenvalue weighted by molar-refractivity contribution is 7.74. The zero-order chi connectivity index (χ0) is 10.8. The number of hydrogen-bond donors (Lipinski definition) is 0. The topological polar surface area (TPSA) is 49.4 Å². The number of rotatable bonds is 2. The maximum absolute atomic E-state index is 10.5. The fourth-order valence-electron chi connectivity index (χ4n) is 1.58. The normalized spacial score (nSPS) is 12.7. The van der Waals surface area contributed by atoms with Gasteiger partial charge in [0.05, 0.1) is 0 Å². The fourth-order valence-corrected chi connectivity index (χ4v) is 1.88. The molecular formula is C11H9O3S-. The summed E-state index contributed by atoms with van der Waals surface area (Å²) >= 11 is -2.53. The molecule has 0 saturated carbocycles. The van der Waals surface area contributed by atoms with Crippen molar-refractivity contribution in [3.63, 3.8) is 0 Å². The van der Waals surface area contributed by atoms with E-state index in [0.717, 1.165) is 16.3 Å². The second kappa shape index (κ2) is 4.00. The molecule has 0 aliphatic rings. The third kappa shape index (κ3) is 2.00. The first kappa shape index (κ1) is 10.1. The molecule has 0 radical (unpaired) electrons. The molecule has 0 saturated heterocycles. The number of fused-ring (bicyclic) bond motifs is 1. The summed E-state index contributed by atoms with van der Waals surface area (Å²) in [6.07, 6.45) is 0. The van der Waals surface area contributed by atoms with Crippen molar-refractivity contribution >= 4 is 22.1 Å². The summed E-state index contributed by atoms with van der Waals surface area (Å²) in [5, 5.41) is 1.81. The van der Waals surface area contributed by atoms with Crippen LogP contribution in [-0.2, 0) is 11.4 Å². The van der Waals surface area contributed by atoms with Gasteiger partial charge in [0.25, 0.3) is 0 Å². The molecule has 15 heavy (non-hydrogen) atoms. The first-order chi connectivity index (χ1) is 7.18. The number of benzene rings is 2. The smallest absolute Gasteiger partial charge is 0.147 e. The molecule has 2 aromatic carbocycles. The van der Waals surface area contributed by atoms with Crippen LogP contribution in [0.5, 0.6) is 5.75 Å². The van der Waals surface area contributed by atoms with E-state index >= 15 is 0 Å². The lowest BCUT2D eigenvalue weighted by Gasteiger charge is -2.10. The Labute approximate surface area is 90.2 Å². The van der Waals surface area contributed by atoms with Crippen LogP contribution in [0.1, 0.15) is 5.56 Å². The van der Waals surface area contributed by atoms with Crippen molar-refractivity contribution in [2.24, 2.45) is 0 Å². The molecule has 0 spiro atoms. The predicted molar refractivity (Wildman–Crippen MR) is 58.2 cm³/mol. The first-order valence-corrected chi connectivity index (χ1v) is 5.44. The van der Waals surface area contributed by atoms with E-state index in [1.54, 1.807) is 12.1 Å². The third-order valence-corrected chi connectivity index (χ3v) is 2.57. The van der Waals surface area contributed by atoms with Crippen molar-refractivity contribution in [2.45, 2.75) is 6.92 Å². The Hall–Kier alpha value is -1.39. The van der Waals surface area contributed by atoms with Crippen molar-refractivity contribution < 1.29 is 12.9 Å².